The number of aromatic nitrogens is 2. The SMILES string of the molecule is Nc1ncc(Cn2ccc(=O)cc2)s1. The minimum absolute atomic E-state index is 0.0186. The van der Waals surface area contributed by atoms with E-state index < -0.39 is 0 Å². The standard InChI is InChI=1S/C9H9N3OS/c10-9-11-5-8(14-9)6-12-3-1-7(13)2-4-12/h1-5H,6H2,(H2,10,11). The number of hydrogen-bond acceptors (Lipinski definition) is 4. The molecule has 0 saturated heterocycles. The fraction of sp³-hybridized carbons (Fsp3) is 0.111. The lowest BCUT2D eigenvalue weighted by molar-refractivity contribution is 0.799. The zero-order valence-electron chi connectivity index (χ0n) is 7.38. The largest absolute Gasteiger partial charge is 0.375 e. The molecular weight excluding hydrogens is 198 g/mol. The van der Waals surface area contributed by atoms with Crippen molar-refractivity contribution in [3.63, 3.8) is 0 Å². The van der Waals surface area contributed by atoms with Crippen molar-refractivity contribution in [2.24, 2.45) is 0 Å². The maximum Gasteiger partial charge on any atom is 0.181 e. The van der Waals surface area contributed by atoms with Crippen LogP contribution < -0.4 is 11.2 Å². The Hall–Kier alpha value is -1.62. The molecule has 2 aromatic heterocycles. The van der Waals surface area contributed by atoms with Gasteiger partial charge < -0.3 is 10.3 Å². The maximum atomic E-state index is 10.8. The molecule has 0 atom stereocenters. The molecule has 0 radical (unpaired) electrons. The highest BCUT2D eigenvalue weighted by molar-refractivity contribution is 7.15. The average Bonchev–Trinajstić information content (AvgIpc) is 2.56. The fourth-order valence-electron chi connectivity index (χ4n) is 1.12. The van der Waals surface area contributed by atoms with E-state index in [0.29, 0.717) is 11.7 Å². The van der Waals surface area contributed by atoms with Gasteiger partial charge in [0, 0.05) is 35.6 Å². The molecular formula is C9H9N3OS. The first kappa shape index (κ1) is 8.96. The molecule has 72 valence electrons. The van der Waals surface area contributed by atoms with Gasteiger partial charge in [0.1, 0.15) is 0 Å². The summed E-state index contributed by atoms with van der Waals surface area (Å²) in [5.41, 5.74) is 5.52. The summed E-state index contributed by atoms with van der Waals surface area (Å²) in [6, 6.07) is 3.06. The molecule has 0 fully saturated rings. The van der Waals surface area contributed by atoms with Crippen LogP contribution in [0.2, 0.25) is 0 Å². The van der Waals surface area contributed by atoms with E-state index in [1.807, 2.05) is 4.57 Å². The quantitative estimate of drug-likeness (QED) is 0.797. The molecule has 0 aliphatic rings. The average molecular weight is 207 g/mol. The molecule has 0 spiro atoms. The molecule has 0 aliphatic heterocycles. The zero-order valence-corrected chi connectivity index (χ0v) is 8.20. The summed E-state index contributed by atoms with van der Waals surface area (Å²) >= 11 is 1.45. The molecule has 2 aromatic rings. The van der Waals surface area contributed by atoms with Gasteiger partial charge in [-0.3, -0.25) is 4.79 Å². The minimum atomic E-state index is 0.0186. The normalized spacial score (nSPS) is 10.3. The second kappa shape index (κ2) is 3.63. The van der Waals surface area contributed by atoms with Crippen molar-refractivity contribution in [2.75, 3.05) is 5.73 Å². The first-order valence-corrected chi connectivity index (χ1v) is 4.92. The summed E-state index contributed by atoms with van der Waals surface area (Å²) in [4.78, 5) is 15.9. The van der Waals surface area contributed by atoms with Crippen LogP contribution in [0.4, 0.5) is 5.13 Å². The first-order chi connectivity index (χ1) is 6.74. The monoisotopic (exact) mass is 207 g/mol. The molecule has 0 amide bonds. The van der Waals surface area contributed by atoms with Crippen LogP contribution in [0, 0.1) is 0 Å². The zero-order chi connectivity index (χ0) is 9.97. The molecule has 4 nitrogen and oxygen atoms in total. The number of rotatable bonds is 2. The van der Waals surface area contributed by atoms with Crippen LogP contribution in [0.3, 0.4) is 0 Å². The highest BCUT2D eigenvalue weighted by Gasteiger charge is 1.98. The second-order valence-corrected chi connectivity index (χ2v) is 4.02. The van der Waals surface area contributed by atoms with E-state index in [9.17, 15) is 4.79 Å². The Balaban J connectivity index is 2.19. The Labute approximate surface area is 84.6 Å². The molecule has 0 bridgehead atoms. The smallest absolute Gasteiger partial charge is 0.181 e. The van der Waals surface area contributed by atoms with Gasteiger partial charge >= 0.3 is 0 Å². The third-order valence-corrected chi connectivity index (χ3v) is 2.58. The van der Waals surface area contributed by atoms with E-state index in [0.717, 1.165) is 4.88 Å². The molecule has 5 heteroatoms. The summed E-state index contributed by atoms with van der Waals surface area (Å²) in [7, 11) is 0. The summed E-state index contributed by atoms with van der Waals surface area (Å²) < 4.78 is 1.91. The number of anilines is 1. The van der Waals surface area contributed by atoms with Crippen molar-refractivity contribution >= 4 is 16.5 Å². The molecule has 0 saturated carbocycles. The van der Waals surface area contributed by atoms with Gasteiger partial charge in [-0.05, 0) is 0 Å². The highest BCUT2D eigenvalue weighted by atomic mass is 32.1. The van der Waals surface area contributed by atoms with Gasteiger partial charge in [0.2, 0.25) is 0 Å². The number of hydrogen-bond donors (Lipinski definition) is 1. The summed E-state index contributed by atoms with van der Waals surface area (Å²) in [6.07, 6.45) is 5.24. The Morgan fingerprint density at radius 3 is 2.71 bits per heavy atom. The van der Waals surface area contributed by atoms with Crippen LogP contribution in [0.15, 0.2) is 35.5 Å². The third kappa shape index (κ3) is 2.00. The fourth-order valence-corrected chi connectivity index (χ4v) is 1.82. The summed E-state index contributed by atoms with van der Waals surface area (Å²) in [5, 5.41) is 0.570. The van der Waals surface area contributed by atoms with E-state index in [-0.39, 0.29) is 5.43 Å². The van der Waals surface area contributed by atoms with Crippen molar-refractivity contribution in [1.29, 1.82) is 0 Å². The summed E-state index contributed by atoms with van der Waals surface area (Å²) in [6.45, 7) is 0.704. The van der Waals surface area contributed by atoms with Crippen molar-refractivity contribution in [3.05, 3.63) is 45.8 Å². The van der Waals surface area contributed by atoms with Gasteiger partial charge in [-0.2, -0.15) is 0 Å². The van der Waals surface area contributed by atoms with Crippen molar-refractivity contribution < 1.29 is 0 Å². The molecule has 2 heterocycles. The molecule has 14 heavy (non-hydrogen) atoms. The van der Waals surface area contributed by atoms with Gasteiger partial charge in [-0.1, -0.05) is 0 Å². The minimum Gasteiger partial charge on any atom is -0.375 e. The second-order valence-electron chi connectivity index (χ2n) is 2.87. The molecule has 2 N–H and O–H groups in total. The highest BCUT2D eigenvalue weighted by Crippen LogP contribution is 2.14. The van der Waals surface area contributed by atoms with Gasteiger partial charge in [-0.25, -0.2) is 4.98 Å². The van der Waals surface area contributed by atoms with Gasteiger partial charge in [-0.15, -0.1) is 11.3 Å². The van der Waals surface area contributed by atoms with Crippen LogP contribution in [0.1, 0.15) is 4.88 Å². The lowest BCUT2D eigenvalue weighted by atomic mass is 10.4. The number of thiazole rings is 1. The topological polar surface area (TPSA) is 60.9 Å². The van der Waals surface area contributed by atoms with E-state index in [1.165, 1.54) is 23.5 Å². The maximum absolute atomic E-state index is 10.8. The van der Waals surface area contributed by atoms with Crippen molar-refractivity contribution in [3.8, 4) is 0 Å². The molecule has 0 aromatic carbocycles. The van der Waals surface area contributed by atoms with Gasteiger partial charge in [0.05, 0.1) is 6.54 Å². The van der Waals surface area contributed by atoms with Crippen LogP contribution >= 0.6 is 11.3 Å². The van der Waals surface area contributed by atoms with Crippen molar-refractivity contribution in [2.45, 2.75) is 6.54 Å². The number of nitrogen functional groups attached to an aromatic ring is 1. The number of nitrogens with zero attached hydrogens (tertiary/aromatic N) is 2. The van der Waals surface area contributed by atoms with E-state index in [1.54, 1.807) is 18.6 Å². The third-order valence-electron chi connectivity index (χ3n) is 1.77. The molecule has 0 unspecified atom stereocenters. The Kier molecular flexibility index (Phi) is 2.32. The van der Waals surface area contributed by atoms with Crippen LogP contribution in [0.5, 0.6) is 0 Å². The predicted octanol–water partition coefficient (Wildman–Crippen LogP) is 0.935. The number of nitrogens with two attached hydrogens (primary N) is 1. The van der Waals surface area contributed by atoms with E-state index in [4.69, 9.17) is 5.73 Å². The molecule has 2 rings (SSSR count). The lowest BCUT2D eigenvalue weighted by Gasteiger charge is -2.01. The molecule has 0 aliphatic carbocycles. The van der Waals surface area contributed by atoms with E-state index >= 15 is 0 Å². The Bertz CT molecular complexity index is 468. The lowest BCUT2D eigenvalue weighted by Crippen LogP contribution is -2.03. The first-order valence-electron chi connectivity index (χ1n) is 4.10. The van der Waals surface area contributed by atoms with Crippen LogP contribution in [-0.4, -0.2) is 9.55 Å². The van der Waals surface area contributed by atoms with Crippen LogP contribution in [-0.2, 0) is 6.54 Å². The van der Waals surface area contributed by atoms with Gasteiger partial charge in [0.25, 0.3) is 0 Å². The number of pyridine rings is 1. The van der Waals surface area contributed by atoms with E-state index in [2.05, 4.69) is 4.98 Å². The predicted molar refractivity (Wildman–Crippen MR) is 56.3 cm³/mol. The van der Waals surface area contributed by atoms with Crippen molar-refractivity contribution in [1.82, 2.24) is 9.55 Å². The summed E-state index contributed by atoms with van der Waals surface area (Å²) in [5.74, 6) is 0. The Morgan fingerprint density at radius 2 is 2.14 bits per heavy atom. The van der Waals surface area contributed by atoms with Crippen LogP contribution in [0.25, 0.3) is 0 Å². The van der Waals surface area contributed by atoms with Gasteiger partial charge in [0.15, 0.2) is 10.6 Å². The Morgan fingerprint density at radius 1 is 1.43 bits per heavy atom.